The summed E-state index contributed by atoms with van der Waals surface area (Å²) in [4.78, 5) is 0. The third-order valence-corrected chi connectivity index (χ3v) is 3.90. The number of thioether (sulfide) groups is 1. The Bertz CT molecular complexity index is 297. The minimum Gasteiger partial charge on any atom is -0.307 e. The highest BCUT2D eigenvalue weighted by Gasteiger charge is 2.21. The van der Waals surface area contributed by atoms with Gasteiger partial charge in [0, 0.05) is 36.8 Å². The number of nitrogens with zero attached hydrogens (tertiary/aromatic N) is 2. The lowest BCUT2D eigenvalue weighted by atomic mass is 10.2. The van der Waals surface area contributed by atoms with Crippen LogP contribution in [0.25, 0.3) is 0 Å². The maximum absolute atomic E-state index is 4.34. The van der Waals surface area contributed by atoms with Crippen molar-refractivity contribution in [2.24, 2.45) is 7.05 Å². The van der Waals surface area contributed by atoms with Crippen LogP contribution in [0.15, 0.2) is 12.3 Å². The Hall–Kier alpha value is -0.480. The normalized spacial score (nSPS) is 27.0. The fraction of sp³-hybridized carbons (Fsp3) is 0.700. The summed E-state index contributed by atoms with van der Waals surface area (Å²) in [5, 5.41) is 8.70. The van der Waals surface area contributed by atoms with Gasteiger partial charge in [-0.2, -0.15) is 16.9 Å². The molecule has 4 heteroatoms. The van der Waals surface area contributed by atoms with Crippen LogP contribution >= 0.6 is 11.8 Å². The summed E-state index contributed by atoms with van der Waals surface area (Å²) in [6, 6.07) is 2.75. The van der Waals surface area contributed by atoms with Crippen molar-refractivity contribution in [3.63, 3.8) is 0 Å². The number of hydrogen-bond acceptors (Lipinski definition) is 3. The molecule has 1 N–H and O–H groups in total. The van der Waals surface area contributed by atoms with Gasteiger partial charge < -0.3 is 5.32 Å². The Morgan fingerprint density at radius 1 is 1.71 bits per heavy atom. The van der Waals surface area contributed by atoms with Gasteiger partial charge in [0.25, 0.3) is 0 Å². The van der Waals surface area contributed by atoms with E-state index in [0.29, 0.717) is 6.04 Å². The van der Waals surface area contributed by atoms with Crippen LogP contribution in [-0.4, -0.2) is 26.8 Å². The number of nitrogens with one attached hydrogen (secondary N) is 1. The zero-order valence-electron chi connectivity index (χ0n) is 8.73. The molecule has 0 amide bonds. The van der Waals surface area contributed by atoms with E-state index >= 15 is 0 Å². The SMILES string of the molecule is CC1CC(NCc2ccn(C)n2)CS1. The van der Waals surface area contributed by atoms with Gasteiger partial charge in [-0.1, -0.05) is 6.92 Å². The highest BCUT2D eigenvalue weighted by atomic mass is 32.2. The van der Waals surface area contributed by atoms with Gasteiger partial charge in [0.05, 0.1) is 5.69 Å². The van der Waals surface area contributed by atoms with Crippen molar-refractivity contribution in [1.29, 1.82) is 0 Å². The van der Waals surface area contributed by atoms with Crippen LogP contribution in [0.3, 0.4) is 0 Å². The molecule has 0 bridgehead atoms. The van der Waals surface area contributed by atoms with E-state index in [1.165, 1.54) is 12.2 Å². The zero-order chi connectivity index (χ0) is 9.97. The van der Waals surface area contributed by atoms with Crippen molar-refractivity contribution < 1.29 is 0 Å². The molecule has 3 nitrogen and oxygen atoms in total. The van der Waals surface area contributed by atoms with Crippen LogP contribution in [0, 0.1) is 0 Å². The van der Waals surface area contributed by atoms with Gasteiger partial charge in [-0.3, -0.25) is 4.68 Å². The second-order valence-corrected chi connectivity index (χ2v) is 5.41. The van der Waals surface area contributed by atoms with E-state index in [0.717, 1.165) is 17.5 Å². The summed E-state index contributed by atoms with van der Waals surface area (Å²) >= 11 is 2.06. The summed E-state index contributed by atoms with van der Waals surface area (Å²) in [6.45, 7) is 3.20. The van der Waals surface area contributed by atoms with Gasteiger partial charge in [-0.05, 0) is 12.5 Å². The Morgan fingerprint density at radius 2 is 2.57 bits per heavy atom. The Balaban J connectivity index is 1.77. The molecule has 1 aromatic rings. The van der Waals surface area contributed by atoms with E-state index in [1.807, 2.05) is 17.9 Å². The molecule has 2 unspecified atom stereocenters. The molecule has 1 fully saturated rings. The van der Waals surface area contributed by atoms with E-state index in [9.17, 15) is 0 Å². The van der Waals surface area contributed by atoms with Crippen LogP contribution in [0.5, 0.6) is 0 Å². The van der Waals surface area contributed by atoms with Crippen molar-refractivity contribution in [1.82, 2.24) is 15.1 Å². The molecule has 1 aromatic heterocycles. The Morgan fingerprint density at radius 3 is 3.14 bits per heavy atom. The number of rotatable bonds is 3. The van der Waals surface area contributed by atoms with Crippen molar-refractivity contribution in [3.8, 4) is 0 Å². The van der Waals surface area contributed by atoms with Gasteiger partial charge in [0.2, 0.25) is 0 Å². The second-order valence-electron chi connectivity index (χ2n) is 3.94. The molecule has 1 aliphatic rings. The van der Waals surface area contributed by atoms with Gasteiger partial charge >= 0.3 is 0 Å². The first-order chi connectivity index (χ1) is 6.74. The molecule has 14 heavy (non-hydrogen) atoms. The van der Waals surface area contributed by atoms with Gasteiger partial charge in [-0.15, -0.1) is 0 Å². The molecular weight excluding hydrogens is 194 g/mol. The van der Waals surface area contributed by atoms with Crippen LogP contribution < -0.4 is 5.32 Å². The van der Waals surface area contributed by atoms with E-state index in [1.54, 1.807) is 0 Å². The first-order valence-corrected chi connectivity index (χ1v) is 6.12. The van der Waals surface area contributed by atoms with E-state index in [2.05, 4.69) is 35.2 Å². The maximum Gasteiger partial charge on any atom is 0.0762 e. The van der Waals surface area contributed by atoms with E-state index in [-0.39, 0.29) is 0 Å². The van der Waals surface area contributed by atoms with Crippen LogP contribution in [0.4, 0.5) is 0 Å². The molecule has 1 saturated heterocycles. The third-order valence-electron chi connectivity index (χ3n) is 2.54. The van der Waals surface area contributed by atoms with E-state index in [4.69, 9.17) is 0 Å². The summed E-state index contributed by atoms with van der Waals surface area (Å²) in [6.07, 6.45) is 3.28. The lowest BCUT2D eigenvalue weighted by molar-refractivity contribution is 0.530. The minimum atomic E-state index is 0.678. The highest BCUT2D eigenvalue weighted by molar-refractivity contribution is 8.00. The predicted octanol–water partition coefficient (Wildman–Crippen LogP) is 1.40. The van der Waals surface area contributed by atoms with Crippen molar-refractivity contribution in [2.75, 3.05) is 5.75 Å². The summed E-state index contributed by atoms with van der Waals surface area (Å²) in [5.41, 5.74) is 1.14. The van der Waals surface area contributed by atoms with Crippen molar-refractivity contribution in [3.05, 3.63) is 18.0 Å². The van der Waals surface area contributed by atoms with Crippen LogP contribution in [-0.2, 0) is 13.6 Å². The Kier molecular flexibility index (Phi) is 3.13. The van der Waals surface area contributed by atoms with Crippen LogP contribution in [0.1, 0.15) is 19.0 Å². The standard InChI is InChI=1S/C10H17N3S/c1-8-5-10(7-14-8)11-6-9-3-4-13(2)12-9/h3-4,8,10-11H,5-7H2,1-2H3. The minimum absolute atomic E-state index is 0.678. The fourth-order valence-corrected chi connectivity index (χ4v) is 2.95. The largest absolute Gasteiger partial charge is 0.307 e. The van der Waals surface area contributed by atoms with Crippen molar-refractivity contribution >= 4 is 11.8 Å². The van der Waals surface area contributed by atoms with Gasteiger partial charge in [0.1, 0.15) is 0 Å². The average Bonchev–Trinajstić information content (AvgIpc) is 2.72. The molecule has 2 atom stereocenters. The third kappa shape index (κ3) is 2.51. The first-order valence-electron chi connectivity index (χ1n) is 5.07. The summed E-state index contributed by atoms with van der Waals surface area (Å²) in [5.74, 6) is 1.24. The number of aromatic nitrogens is 2. The smallest absolute Gasteiger partial charge is 0.0762 e. The number of hydrogen-bond donors (Lipinski definition) is 1. The zero-order valence-corrected chi connectivity index (χ0v) is 9.55. The van der Waals surface area contributed by atoms with Crippen molar-refractivity contribution in [2.45, 2.75) is 31.2 Å². The molecule has 0 aliphatic carbocycles. The monoisotopic (exact) mass is 211 g/mol. The molecule has 78 valence electrons. The summed E-state index contributed by atoms with van der Waals surface area (Å²) < 4.78 is 1.85. The lowest BCUT2D eigenvalue weighted by Crippen LogP contribution is -2.28. The van der Waals surface area contributed by atoms with Crippen LogP contribution in [0.2, 0.25) is 0 Å². The molecular formula is C10H17N3S. The molecule has 2 rings (SSSR count). The second kappa shape index (κ2) is 4.36. The average molecular weight is 211 g/mol. The molecule has 0 radical (unpaired) electrons. The van der Waals surface area contributed by atoms with Gasteiger partial charge in [0.15, 0.2) is 0 Å². The van der Waals surface area contributed by atoms with E-state index < -0.39 is 0 Å². The first kappa shape index (κ1) is 10.1. The molecule has 0 saturated carbocycles. The number of aryl methyl sites for hydroxylation is 1. The molecule has 1 aliphatic heterocycles. The molecule has 2 heterocycles. The molecule has 0 spiro atoms. The highest BCUT2D eigenvalue weighted by Crippen LogP contribution is 2.25. The maximum atomic E-state index is 4.34. The van der Waals surface area contributed by atoms with Gasteiger partial charge in [-0.25, -0.2) is 0 Å². The summed E-state index contributed by atoms with van der Waals surface area (Å²) in [7, 11) is 1.96. The lowest BCUT2D eigenvalue weighted by Gasteiger charge is -2.09. The quantitative estimate of drug-likeness (QED) is 0.819. The molecule has 0 aromatic carbocycles. The predicted molar refractivity (Wildman–Crippen MR) is 60.4 cm³/mol. The topological polar surface area (TPSA) is 29.9 Å². The fourth-order valence-electron chi connectivity index (χ4n) is 1.77. The Labute approximate surface area is 89.3 Å².